The second-order valence-corrected chi connectivity index (χ2v) is 10.6. The number of amides is 1. The number of imidazole rings is 1. The van der Waals surface area contributed by atoms with Crippen molar-refractivity contribution in [3.8, 4) is 11.3 Å². The molecule has 178 valence electrons. The summed E-state index contributed by atoms with van der Waals surface area (Å²) in [6.45, 7) is 2.36. The number of hydrogen-bond donors (Lipinski definition) is 0. The number of aromatic nitrogens is 2. The van der Waals surface area contributed by atoms with Crippen molar-refractivity contribution in [1.82, 2.24) is 19.2 Å². The summed E-state index contributed by atoms with van der Waals surface area (Å²) in [6, 6.07) is 22.8. The molecule has 2 aliphatic heterocycles. The molecule has 4 aromatic rings. The van der Waals surface area contributed by atoms with E-state index in [1.54, 1.807) is 0 Å². The Morgan fingerprint density at radius 1 is 0.971 bits per heavy atom. The summed E-state index contributed by atoms with van der Waals surface area (Å²) in [4.78, 5) is 23.1. The fourth-order valence-corrected chi connectivity index (χ4v) is 6.43. The van der Waals surface area contributed by atoms with Gasteiger partial charge in [-0.3, -0.25) is 9.69 Å². The monoisotopic (exact) mass is 596 g/mol. The Labute approximate surface area is 223 Å². The lowest BCUT2D eigenvalue weighted by molar-refractivity contribution is 0.0419. The van der Waals surface area contributed by atoms with Crippen molar-refractivity contribution in [2.24, 2.45) is 0 Å². The van der Waals surface area contributed by atoms with Gasteiger partial charge in [0.2, 0.25) is 0 Å². The SMILES string of the molecule is O=C(c1ccccc1CI)N1CC2CCC(C1)N2Cc1c(-c2ccc(Cl)cc2)nc2ccccn12. The van der Waals surface area contributed by atoms with Crippen LogP contribution in [0.2, 0.25) is 5.02 Å². The van der Waals surface area contributed by atoms with Gasteiger partial charge in [0.25, 0.3) is 5.91 Å². The van der Waals surface area contributed by atoms with Gasteiger partial charge in [0.05, 0.1) is 11.4 Å². The second kappa shape index (κ2) is 9.56. The summed E-state index contributed by atoms with van der Waals surface area (Å²) in [6.07, 6.45) is 4.34. The number of alkyl halides is 1. The fourth-order valence-electron chi connectivity index (χ4n) is 5.64. The summed E-state index contributed by atoms with van der Waals surface area (Å²) in [5.41, 5.74) is 6.18. The number of carbonyl (C=O) groups excluding carboxylic acids is 1. The molecule has 2 aliphatic rings. The molecule has 0 radical (unpaired) electrons. The van der Waals surface area contributed by atoms with E-state index in [0.29, 0.717) is 12.1 Å². The third-order valence-corrected chi connectivity index (χ3v) is 8.47. The van der Waals surface area contributed by atoms with Crippen molar-refractivity contribution in [1.29, 1.82) is 0 Å². The van der Waals surface area contributed by atoms with Gasteiger partial charge in [-0.25, -0.2) is 4.98 Å². The van der Waals surface area contributed by atoms with Gasteiger partial charge in [0.1, 0.15) is 5.65 Å². The summed E-state index contributed by atoms with van der Waals surface area (Å²) < 4.78 is 3.05. The summed E-state index contributed by atoms with van der Waals surface area (Å²) in [5.74, 6) is 0.172. The number of carbonyl (C=O) groups is 1. The number of halogens is 2. The molecule has 7 heteroatoms. The average Bonchev–Trinajstić information content (AvgIpc) is 3.36. The third-order valence-electron chi connectivity index (χ3n) is 7.39. The van der Waals surface area contributed by atoms with Crippen molar-refractivity contribution in [2.45, 2.75) is 35.9 Å². The lowest BCUT2D eigenvalue weighted by Gasteiger charge is -2.41. The molecular weight excluding hydrogens is 571 g/mol. The molecule has 1 amide bonds. The van der Waals surface area contributed by atoms with Crippen LogP contribution in [0.1, 0.15) is 34.5 Å². The maximum absolute atomic E-state index is 13.4. The van der Waals surface area contributed by atoms with Gasteiger partial charge in [0.15, 0.2) is 0 Å². The molecule has 5 nitrogen and oxygen atoms in total. The largest absolute Gasteiger partial charge is 0.335 e. The molecular formula is C28H26ClIN4O. The topological polar surface area (TPSA) is 40.9 Å². The zero-order chi connectivity index (χ0) is 23.9. The van der Waals surface area contributed by atoms with E-state index in [1.165, 1.54) is 5.69 Å². The van der Waals surface area contributed by atoms with Gasteiger partial charge in [-0.05, 0) is 48.7 Å². The minimum atomic E-state index is 0.172. The number of hydrogen-bond acceptors (Lipinski definition) is 3. The molecule has 0 spiro atoms. The number of rotatable bonds is 5. The van der Waals surface area contributed by atoms with Crippen LogP contribution >= 0.6 is 34.2 Å². The Hall–Kier alpha value is -2.42. The van der Waals surface area contributed by atoms with Crippen LogP contribution in [0.5, 0.6) is 0 Å². The van der Waals surface area contributed by atoms with Gasteiger partial charge in [0, 0.05) is 58.5 Å². The van der Waals surface area contributed by atoms with Crippen molar-refractivity contribution in [3.63, 3.8) is 0 Å². The molecule has 0 saturated carbocycles. The van der Waals surface area contributed by atoms with Crippen LogP contribution in [0, 0.1) is 0 Å². The zero-order valence-electron chi connectivity index (χ0n) is 19.3. The molecule has 2 atom stereocenters. The Morgan fingerprint density at radius 2 is 1.69 bits per heavy atom. The minimum Gasteiger partial charge on any atom is -0.335 e. The van der Waals surface area contributed by atoms with Gasteiger partial charge in [-0.15, -0.1) is 0 Å². The molecule has 35 heavy (non-hydrogen) atoms. The highest BCUT2D eigenvalue weighted by atomic mass is 127. The van der Waals surface area contributed by atoms with E-state index >= 15 is 0 Å². The summed E-state index contributed by atoms with van der Waals surface area (Å²) in [5, 5.41) is 0.724. The standard InChI is InChI=1S/C28H26ClIN4O/c29-21-10-8-19(9-11-21)27-25(33-14-4-3-7-26(33)31-27)18-34-22-12-13-23(34)17-32(16-22)28(35)24-6-2-1-5-20(24)15-30/h1-11,14,22-23H,12-13,15-18H2. The normalized spacial score (nSPS) is 20.0. The molecule has 6 rings (SSSR count). The van der Waals surface area contributed by atoms with E-state index in [1.807, 2.05) is 48.5 Å². The van der Waals surface area contributed by atoms with Crippen molar-refractivity contribution < 1.29 is 4.79 Å². The molecule has 2 aromatic heterocycles. The number of likely N-dealkylation sites (tertiary alicyclic amines) is 1. The highest BCUT2D eigenvalue weighted by Crippen LogP contribution is 2.35. The smallest absolute Gasteiger partial charge is 0.254 e. The van der Waals surface area contributed by atoms with E-state index in [2.05, 4.69) is 61.2 Å². The second-order valence-electron chi connectivity index (χ2n) is 9.40. The minimum absolute atomic E-state index is 0.172. The van der Waals surface area contributed by atoms with E-state index in [-0.39, 0.29) is 5.91 Å². The average molecular weight is 597 g/mol. The maximum atomic E-state index is 13.4. The van der Waals surface area contributed by atoms with Gasteiger partial charge >= 0.3 is 0 Å². The molecule has 4 heterocycles. The molecule has 2 unspecified atom stereocenters. The molecule has 2 aromatic carbocycles. The summed E-state index contributed by atoms with van der Waals surface area (Å²) >= 11 is 8.50. The first-order valence-electron chi connectivity index (χ1n) is 12.0. The highest BCUT2D eigenvalue weighted by Gasteiger charge is 2.42. The van der Waals surface area contributed by atoms with Crippen LogP contribution in [0.4, 0.5) is 0 Å². The molecule has 0 N–H and O–H groups in total. The van der Waals surface area contributed by atoms with Crippen LogP contribution in [0.15, 0.2) is 72.9 Å². The van der Waals surface area contributed by atoms with Crippen molar-refractivity contribution in [3.05, 3.63) is 94.8 Å². The van der Waals surface area contributed by atoms with Crippen molar-refractivity contribution >= 4 is 45.7 Å². The Bertz CT molecular complexity index is 1370. The number of pyridine rings is 1. The summed E-state index contributed by atoms with van der Waals surface area (Å²) in [7, 11) is 0. The Morgan fingerprint density at radius 3 is 2.43 bits per heavy atom. The fraction of sp³-hybridized carbons (Fsp3) is 0.286. The number of fused-ring (bicyclic) bond motifs is 3. The molecule has 2 saturated heterocycles. The van der Waals surface area contributed by atoms with E-state index < -0.39 is 0 Å². The third kappa shape index (κ3) is 4.26. The molecule has 0 aliphatic carbocycles. The van der Waals surface area contributed by atoms with Crippen LogP contribution in [-0.4, -0.2) is 50.3 Å². The maximum Gasteiger partial charge on any atom is 0.254 e. The van der Waals surface area contributed by atoms with Gasteiger partial charge in [-0.2, -0.15) is 0 Å². The Kier molecular flexibility index (Phi) is 6.28. The lowest BCUT2D eigenvalue weighted by Crippen LogP contribution is -2.55. The first-order chi connectivity index (χ1) is 17.1. The quantitative estimate of drug-likeness (QED) is 0.207. The molecule has 2 fully saturated rings. The predicted octanol–water partition coefficient (Wildman–Crippen LogP) is 6.08. The van der Waals surface area contributed by atoms with Gasteiger partial charge < -0.3 is 9.30 Å². The van der Waals surface area contributed by atoms with Crippen LogP contribution < -0.4 is 0 Å². The number of nitrogens with zero attached hydrogens (tertiary/aromatic N) is 4. The number of benzene rings is 2. The van der Waals surface area contributed by atoms with Crippen LogP contribution in [0.3, 0.4) is 0 Å². The first-order valence-corrected chi connectivity index (χ1v) is 13.9. The van der Waals surface area contributed by atoms with Crippen molar-refractivity contribution in [2.75, 3.05) is 13.1 Å². The molecule has 2 bridgehead atoms. The van der Waals surface area contributed by atoms with E-state index in [0.717, 1.165) is 70.0 Å². The van der Waals surface area contributed by atoms with E-state index in [4.69, 9.17) is 16.6 Å². The van der Waals surface area contributed by atoms with Gasteiger partial charge in [-0.1, -0.05) is 70.6 Å². The predicted molar refractivity (Wildman–Crippen MR) is 148 cm³/mol. The Balaban J connectivity index is 1.29. The van der Waals surface area contributed by atoms with Crippen LogP contribution in [0.25, 0.3) is 16.9 Å². The highest BCUT2D eigenvalue weighted by molar-refractivity contribution is 14.1. The number of piperazine rings is 1. The lowest BCUT2D eigenvalue weighted by atomic mass is 10.1. The van der Waals surface area contributed by atoms with Crippen LogP contribution in [-0.2, 0) is 11.0 Å². The van der Waals surface area contributed by atoms with E-state index in [9.17, 15) is 4.79 Å². The first kappa shape index (κ1) is 23.0. The zero-order valence-corrected chi connectivity index (χ0v) is 22.2.